The summed E-state index contributed by atoms with van der Waals surface area (Å²) >= 11 is 0. The van der Waals surface area contributed by atoms with Crippen LogP contribution >= 0.6 is 0 Å². The standard InChI is InChI=1S/C29H22O/c30-28-27(23-15-7-2-8-16-23)26(22-13-5-1-6-14-22)21-29(28,24-17-9-3-10-18-24)25-19-11-4-12-20-25/h1-20H,21H2. The molecule has 0 spiro atoms. The van der Waals surface area contributed by atoms with Crippen LogP contribution in [0.25, 0.3) is 11.1 Å². The molecule has 1 aliphatic carbocycles. The summed E-state index contributed by atoms with van der Waals surface area (Å²) in [6, 6.07) is 40.9. The molecule has 4 aromatic carbocycles. The van der Waals surface area contributed by atoms with Crippen molar-refractivity contribution in [2.75, 3.05) is 0 Å². The highest BCUT2D eigenvalue weighted by Gasteiger charge is 2.49. The lowest BCUT2D eigenvalue weighted by molar-refractivity contribution is -0.116. The molecule has 0 aliphatic heterocycles. The van der Waals surface area contributed by atoms with Gasteiger partial charge in [0.1, 0.15) is 0 Å². The van der Waals surface area contributed by atoms with E-state index < -0.39 is 5.41 Å². The third-order valence-electron chi connectivity index (χ3n) is 6.08. The first-order chi connectivity index (χ1) is 14.8. The first-order valence-corrected chi connectivity index (χ1v) is 10.3. The number of carbonyl (C=O) groups excluding carboxylic acids is 1. The quantitative estimate of drug-likeness (QED) is 0.388. The van der Waals surface area contributed by atoms with Gasteiger partial charge in [-0.05, 0) is 34.2 Å². The number of hydrogen-bond donors (Lipinski definition) is 0. The van der Waals surface area contributed by atoms with Crippen LogP contribution in [0.1, 0.15) is 28.7 Å². The van der Waals surface area contributed by atoms with E-state index >= 15 is 0 Å². The predicted octanol–water partition coefficient (Wildman–Crippen LogP) is 6.56. The second-order valence-electron chi connectivity index (χ2n) is 7.73. The Morgan fingerprint density at radius 3 is 1.37 bits per heavy atom. The van der Waals surface area contributed by atoms with E-state index in [9.17, 15) is 4.79 Å². The van der Waals surface area contributed by atoms with E-state index in [4.69, 9.17) is 0 Å². The molecule has 30 heavy (non-hydrogen) atoms. The number of benzene rings is 4. The summed E-state index contributed by atoms with van der Waals surface area (Å²) < 4.78 is 0. The van der Waals surface area contributed by atoms with Crippen LogP contribution in [-0.2, 0) is 10.2 Å². The van der Waals surface area contributed by atoms with Crippen molar-refractivity contribution in [2.45, 2.75) is 11.8 Å². The lowest BCUT2D eigenvalue weighted by atomic mass is 9.70. The zero-order valence-electron chi connectivity index (χ0n) is 16.7. The van der Waals surface area contributed by atoms with E-state index in [1.165, 1.54) is 0 Å². The van der Waals surface area contributed by atoms with Crippen LogP contribution < -0.4 is 0 Å². The van der Waals surface area contributed by atoms with Crippen molar-refractivity contribution < 1.29 is 4.79 Å². The molecular formula is C29H22O. The van der Waals surface area contributed by atoms with E-state index in [1.54, 1.807) is 0 Å². The minimum atomic E-state index is -0.723. The Labute approximate surface area is 177 Å². The monoisotopic (exact) mass is 386 g/mol. The van der Waals surface area contributed by atoms with E-state index in [1.807, 2.05) is 84.9 Å². The van der Waals surface area contributed by atoms with Gasteiger partial charge in [-0.1, -0.05) is 121 Å². The smallest absolute Gasteiger partial charge is 0.179 e. The van der Waals surface area contributed by atoms with Crippen LogP contribution in [0.5, 0.6) is 0 Å². The fourth-order valence-corrected chi connectivity index (χ4v) is 4.66. The van der Waals surface area contributed by atoms with Crippen molar-refractivity contribution >= 4 is 16.9 Å². The number of rotatable bonds is 4. The van der Waals surface area contributed by atoms with Crippen LogP contribution in [0.4, 0.5) is 0 Å². The van der Waals surface area contributed by atoms with Gasteiger partial charge in [0, 0.05) is 5.57 Å². The molecule has 0 saturated carbocycles. The number of allylic oxidation sites excluding steroid dienone is 2. The molecular weight excluding hydrogens is 364 g/mol. The van der Waals surface area contributed by atoms with Gasteiger partial charge in [0.15, 0.2) is 5.78 Å². The highest BCUT2D eigenvalue weighted by Crippen LogP contribution is 2.52. The number of Topliss-reactive ketones (excluding diaryl/α,β-unsaturated/α-hetero) is 1. The average molecular weight is 386 g/mol. The Balaban J connectivity index is 1.79. The van der Waals surface area contributed by atoms with Crippen LogP contribution in [0, 0.1) is 0 Å². The second-order valence-corrected chi connectivity index (χ2v) is 7.73. The van der Waals surface area contributed by atoms with Crippen LogP contribution in [0.3, 0.4) is 0 Å². The molecule has 144 valence electrons. The summed E-state index contributed by atoms with van der Waals surface area (Å²) in [5.74, 6) is 0.171. The second kappa shape index (κ2) is 7.61. The molecule has 0 unspecified atom stereocenters. The Morgan fingerprint density at radius 1 is 0.500 bits per heavy atom. The molecule has 1 heteroatoms. The van der Waals surface area contributed by atoms with Gasteiger partial charge in [-0.2, -0.15) is 0 Å². The lowest BCUT2D eigenvalue weighted by Crippen LogP contribution is -2.34. The Kier molecular flexibility index (Phi) is 4.65. The minimum absolute atomic E-state index is 0.171. The third-order valence-corrected chi connectivity index (χ3v) is 6.08. The van der Waals surface area contributed by atoms with Gasteiger partial charge in [0.2, 0.25) is 0 Å². The minimum Gasteiger partial charge on any atom is -0.293 e. The molecule has 0 saturated heterocycles. The first-order valence-electron chi connectivity index (χ1n) is 10.3. The summed E-state index contributed by atoms with van der Waals surface area (Å²) in [6.45, 7) is 0. The Morgan fingerprint density at radius 2 is 0.900 bits per heavy atom. The zero-order chi connectivity index (χ0) is 20.4. The highest BCUT2D eigenvalue weighted by atomic mass is 16.1. The fraction of sp³-hybridized carbons (Fsp3) is 0.0690. The molecule has 0 radical (unpaired) electrons. The zero-order valence-corrected chi connectivity index (χ0v) is 16.7. The van der Waals surface area contributed by atoms with Crippen molar-refractivity contribution in [1.82, 2.24) is 0 Å². The van der Waals surface area contributed by atoms with Gasteiger partial charge < -0.3 is 0 Å². The molecule has 0 heterocycles. The molecule has 0 bridgehead atoms. The molecule has 0 amide bonds. The summed E-state index contributed by atoms with van der Waals surface area (Å²) in [4.78, 5) is 14.4. The number of ketones is 1. The van der Waals surface area contributed by atoms with Crippen molar-refractivity contribution in [3.63, 3.8) is 0 Å². The normalized spacial score (nSPS) is 15.4. The molecule has 1 aliphatic rings. The summed E-state index contributed by atoms with van der Waals surface area (Å²) in [5.41, 5.74) is 5.39. The maximum absolute atomic E-state index is 14.4. The number of carbonyl (C=O) groups is 1. The maximum Gasteiger partial charge on any atom is 0.179 e. The summed E-state index contributed by atoms with van der Waals surface area (Å²) in [7, 11) is 0. The van der Waals surface area contributed by atoms with Crippen molar-refractivity contribution in [1.29, 1.82) is 0 Å². The molecule has 1 nitrogen and oxygen atoms in total. The molecule has 4 aromatic rings. The van der Waals surface area contributed by atoms with Gasteiger partial charge in [0.25, 0.3) is 0 Å². The van der Waals surface area contributed by atoms with E-state index in [-0.39, 0.29) is 5.78 Å². The molecule has 5 rings (SSSR count). The summed E-state index contributed by atoms with van der Waals surface area (Å²) in [6.07, 6.45) is 0.647. The topological polar surface area (TPSA) is 17.1 Å². The van der Waals surface area contributed by atoms with Gasteiger partial charge >= 0.3 is 0 Å². The maximum atomic E-state index is 14.4. The third kappa shape index (κ3) is 2.91. The van der Waals surface area contributed by atoms with Crippen LogP contribution in [0.2, 0.25) is 0 Å². The van der Waals surface area contributed by atoms with E-state index in [0.29, 0.717) is 6.42 Å². The molecule has 0 fully saturated rings. The van der Waals surface area contributed by atoms with Gasteiger partial charge in [-0.3, -0.25) is 4.79 Å². The average Bonchev–Trinajstić information content (AvgIpc) is 3.15. The van der Waals surface area contributed by atoms with Crippen LogP contribution in [-0.4, -0.2) is 5.78 Å². The molecule has 0 N–H and O–H groups in total. The van der Waals surface area contributed by atoms with Gasteiger partial charge in [-0.25, -0.2) is 0 Å². The van der Waals surface area contributed by atoms with Crippen molar-refractivity contribution in [2.24, 2.45) is 0 Å². The Hall–Kier alpha value is -3.71. The van der Waals surface area contributed by atoms with E-state index in [0.717, 1.165) is 33.4 Å². The van der Waals surface area contributed by atoms with Crippen molar-refractivity contribution in [3.05, 3.63) is 144 Å². The van der Waals surface area contributed by atoms with Gasteiger partial charge in [-0.15, -0.1) is 0 Å². The number of hydrogen-bond acceptors (Lipinski definition) is 1. The fourth-order valence-electron chi connectivity index (χ4n) is 4.66. The molecule has 0 aromatic heterocycles. The predicted molar refractivity (Wildman–Crippen MR) is 123 cm³/mol. The first kappa shape index (κ1) is 18.3. The van der Waals surface area contributed by atoms with E-state index in [2.05, 4.69) is 36.4 Å². The largest absolute Gasteiger partial charge is 0.293 e. The Bertz CT molecular complexity index is 1150. The summed E-state index contributed by atoms with van der Waals surface area (Å²) in [5, 5.41) is 0. The van der Waals surface area contributed by atoms with Crippen molar-refractivity contribution in [3.8, 4) is 0 Å². The SMILES string of the molecule is O=C1C(c2ccccc2)=C(c2ccccc2)CC1(c1ccccc1)c1ccccc1. The highest BCUT2D eigenvalue weighted by molar-refractivity contribution is 6.36. The van der Waals surface area contributed by atoms with Gasteiger partial charge in [0.05, 0.1) is 5.41 Å². The lowest BCUT2D eigenvalue weighted by Gasteiger charge is -2.30. The van der Waals surface area contributed by atoms with Crippen LogP contribution in [0.15, 0.2) is 121 Å². The molecule has 0 atom stereocenters.